The van der Waals surface area contributed by atoms with Crippen LogP contribution in [0.2, 0.25) is 0 Å². The maximum absolute atomic E-state index is 12.5. The van der Waals surface area contributed by atoms with Gasteiger partial charge in [-0.2, -0.15) is 0 Å². The molecule has 1 saturated carbocycles. The third kappa shape index (κ3) is 4.35. The van der Waals surface area contributed by atoms with E-state index in [2.05, 4.69) is 38.3 Å². The second-order valence-corrected chi connectivity index (χ2v) is 8.61. The molecule has 2 aromatic heterocycles. The molecule has 0 bridgehead atoms. The van der Waals surface area contributed by atoms with Crippen molar-refractivity contribution < 1.29 is 9.21 Å². The van der Waals surface area contributed by atoms with E-state index < -0.39 is 0 Å². The molecule has 27 heavy (non-hydrogen) atoms. The maximum Gasteiger partial charge on any atom is 0.200 e. The minimum atomic E-state index is -0.0394. The van der Waals surface area contributed by atoms with E-state index in [1.54, 1.807) is 11.8 Å². The van der Waals surface area contributed by atoms with Crippen molar-refractivity contribution in [1.82, 2.24) is 14.8 Å². The van der Waals surface area contributed by atoms with E-state index in [4.69, 9.17) is 4.42 Å². The predicted octanol–water partition coefficient (Wildman–Crippen LogP) is 5.34. The zero-order valence-corrected chi connectivity index (χ0v) is 17.2. The molecule has 0 spiro atoms. The van der Waals surface area contributed by atoms with Crippen molar-refractivity contribution in [1.29, 1.82) is 0 Å². The maximum atomic E-state index is 12.5. The van der Waals surface area contributed by atoms with Crippen LogP contribution in [0.4, 0.5) is 0 Å². The summed E-state index contributed by atoms with van der Waals surface area (Å²) in [4.78, 5) is 12.5. The van der Waals surface area contributed by atoms with E-state index in [1.165, 1.54) is 0 Å². The van der Waals surface area contributed by atoms with Gasteiger partial charge in [-0.05, 0) is 46.5 Å². The molecule has 1 aliphatic rings. The van der Waals surface area contributed by atoms with Gasteiger partial charge in [-0.1, -0.05) is 54.9 Å². The molecule has 1 aliphatic carbocycles. The number of hydrogen-bond donors (Lipinski definition) is 0. The Morgan fingerprint density at radius 2 is 1.96 bits per heavy atom. The van der Waals surface area contributed by atoms with E-state index in [0.29, 0.717) is 35.0 Å². The Morgan fingerprint density at radius 1 is 1.11 bits per heavy atom. The minimum absolute atomic E-state index is 0.0394. The summed E-state index contributed by atoms with van der Waals surface area (Å²) in [5.41, 5.74) is 1.15. The monoisotopic (exact) mass is 445 g/mol. The van der Waals surface area contributed by atoms with Crippen LogP contribution in [0, 0.1) is 0 Å². The number of halogens is 1. The highest BCUT2D eigenvalue weighted by atomic mass is 79.9. The first-order valence-electron chi connectivity index (χ1n) is 9.13. The Kier molecular flexibility index (Phi) is 5.78. The number of rotatable bonds is 5. The number of carbonyl (C=O) groups is 1. The van der Waals surface area contributed by atoms with Gasteiger partial charge < -0.3 is 4.42 Å². The molecule has 1 aromatic carbocycles. The Labute approximate surface area is 170 Å². The van der Waals surface area contributed by atoms with Crippen LogP contribution in [0.3, 0.4) is 0 Å². The van der Waals surface area contributed by atoms with Gasteiger partial charge in [-0.25, -0.2) is 0 Å². The van der Waals surface area contributed by atoms with Crippen molar-refractivity contribution in [2.75, 3.05) is 0 Å². The van der Waals surface area contributed by atoms with Crippen LogP contribution in [0.15, 0.2) is 56.7 Å². The molecule has 0 N–H and O–H groups in total. The van der Waals surface area contributed by atoms with Crippen LogP contribution in [0.5, 0.6) is 0 Å². The molecule has 4 rings (SSSR count). The number of Topliss-reactive ketones (excluding diaryl/α,β-unsaturated/α-hetero) is 1. The lowest BCUT2D eigenvalue weighted by molar-refractivity contribution is -0.118. The standard InChI is InChI=1S/C20H20BrN3O2S/c21-18-12-11-16(26-18)19-22-23-20(24(19)13-14-7-3-1-4-8-14)27-17-10-6-2-5-9-15(17)25/h1,3-4,7-8,11-12,17H,2,5-6,9-10,13H2. The van der Waals surface area contributed by atoms with Crippen molar-refractivity contribution >= 4 is 33.5 Å². The number of nitrogens with zero attached hydrogens (tertiary/aromatic N) is 3. The summed E-state index contributed by atoms with van der Waals surface area (Å²) in [5, 5.41) is 9.51. The Bertz CT molecular complexity index is 922. The van der Waals surface area contributed by atoms with Gasteiger partial charge in [-0.3, -0.25) is 9.36 Å². The summed E-state index contributed by atoms with van der Waals surface area (Å²) >= 11 is 4.89. The zero-order valence-electron chi connectivity index (χ0n) is 14.8. The quantitative estimate of drug-likeness (QED) is 0.495. The van der Waals surface area contributed by atoms with Gasteiger partial charge in [0.1, 0.15) is 5.78 Å². The van der Waals surface area contributed by atoms with Gasteiger partial charge >= 0.3 is 0 Å². The largest absolute Gasteiger partial charge is 0.446 e. The SMILES string of the molecule is O=C1CCCCCC1Sc1nnc(-c2ccc(Br)o2)n1Cc1ccccc1. The van der Waals surface area contributed by atoms with Gasteiger partial charge in [0.15, 0.2) is 15.6 Å². The van der Waals surface area contributed by atoms with Gasteiger partial charge in [0.2, 0.25) is 5.82 Å². The van der Waals surface area contributed by atoms with Crippen molar-refractivity contribution in [3.8, 4) is 11.6 Å². The smallest absolute Gasteiger partial charge is 0.200 e. The Hall–Kier alpha value is -1.86. The average Bonchev–Trinajstić information content (AvgIpc) is 3.21. The van der Waals surface area contributed by atoms with E-state index in [1.807, 2.05) is 34.9 Å². The van der Waals surface area contributed by atoms with Crippen LogP contribution in [-0.4, -0.2) is 25.8 Å². The minimum Gasteiger partial charge on any atom is -0.446 e. The molecule has 0 aliphatic heterocycles. The summed E-state index contributed by atoms with van der Waals surface area (Å²) in [7, 11) is 0. The normalized spacial score (nSPS) is 17.8. The van der Waals surface area contributed by atoms with Gasteiger partial charge in [-0.15, -0.1) is 10.2 Å². The highest BCUT2D eigenvalue weighted by Gasteiger charge is 2.26. The first-order valence-corrected chi connectivity index (χ1v) is 10.8. The van der Waals surface area contributed by atoms with Crippen LogP contribution in [-0.2, 0) is 11.3 Å². The molecule has 0 amide bonds. The van der Waals surface area contributed by atoms with E-state index in [9.17, 15) is 4.79 Å². The van der Waals surface area contributed by atoms with Crippen LogP contribution < -0.4 is 0 Å². The second-order valence-electron chi connectivity index (χ2n) is 6.65. The van der Waals surface area contributed by atoms with Crippen molar-refractivity contribution in [3.63, 3.8) is 0 Å². The predicted molar refractivity (Wildman–Crippen MR) is 109 cm³/mol. The van der Waals surface area contributed by atoms with E-state index in [0.717, 1.165) is 36.4 Å². The van der Waals surface area contributed by atoms with Crippen molar-refractivity contribution in [3.05, 3.63) is 52.7 Å². The molecular formula is C20H20BrN3O2S. The summed E-state index contributed by atoms with van der Waals surface area (Å²) in [5.74, 6) is 1.66. The third-order valence-electron chi connectivity index (χ3n) is 4.69. The average molecular weight is 446 g/mol. The molecule has 1 unspecified atom stereocenters. The highest BCUT2D eigenvalue weighted by Crippen LogP contribution is 2.33. The molecule has 0 radical (unpaired) electrons. The molecule has 7 heteroatoms. The lowest BCUT2D eigenvalue weighted by Gasteiger charge is -2.14. The number of aromatic nitrogens is 3. The van der Waals surface area contributed by atoms with Crippen LogP contribution >= 0.6 is 27.7 Å². The molecule has 0 saturated heterocycles. The van der Waals surface area contributed by atoms with Gasteiger partial charge in [0.25, 0.3) is 0 Å². The summed E-state index contributed by atoms with van der Waals surface area (Å²) < 4.78 is 8.41. The topological polar surface area (TPSA) is 60.9 Å². The fraction of sp³-hybridized carbons (Fsp3) is 0.350. The first-order chi connectivity index (χ1) is 13.2. The summed E-state index contributed by atoms with van der Waals surface area (Å²) in [6.45, 7) is 0.630. The molecule has 2 heterocycles. The molecular weight excluding hydrogens is 426 g/mol. The first kappa shape index (κ1) is 18.5. The number of furan rings is 1. The number of thioether (sulfide) groups is 1. The molecule has 5 nitrogen and oxygen atoms in total. The van der Waals surface area contributed by atoms with E-state index >= 15 is 0 Å². The molecule has 140 valence electrons. The molecule has 1 atom stereocenters. The summed E-state index contributed by atoms with van der Waals surface area (Å²) in [6.07, 6.45) is 4.80. The number of carbonyl (C=O) groups excluding carboxylic acids is 1. The van der Waals surface area contributed by atoms with Crippen LogP contribution in [0.1, 0.15) is 37.7 Å². The third-order valence-corrected chi connectivity index (χ3v) is 6.41. The lowest BCUT2D eigenvalue weighted by Crippen LogP contribution is -2.16. The molecule has 3 aromatic rings. The van der Waals surface area contributed by atoms with Gasteiger partial charge in [0.05, 0.1) is 11.8 Å². The van der Waals surface area contributed by atoms with E-state index in [-0.39, 0.29) is 5.25 Å². The van der Waals surface area contributed by atoms with Crippen LogP contribution in [0.25, 0.3) is 11.6 Å². The number of hydrogen-bond acceptors (Lipinski definition) is 5. The summed E-state index contributed by atoms with van der Waals surface area (Å²) in [6, 6.07) is 13.9. The fourth-order valence-electron chi connectivity index (χ4n) is 3.28. The molecule has 1 fully saturated rings. The lowest BCUT2D eigenvalue weighted by atomic mass is 10.2. The van der Waals surface area contributed by atoms with Crippen molar-refractivity contribution in [2.24, 2.45) is 0 Å². The fourth-order valence-corrected chi connectivity index (χ4v) is 4.74. The number of benzene rings is 1. The highest BCUT2D eigenvalue weighted by molar-refractivity contribution is 9.10. The second kappa shape index (κ2) is 8.44. The Balaban J connectivity index is 1.68. The van der Waals surface area contributed by atoms with Gasteiger partial charge in [0, 0.05) is 6.42 Å². The van der Waals surface area contributed by atoms with Crippen molar-refractivity contribution in [2.45, 2.75) is 49.1 Å². The zero-order chi connectivity index (χ0) is 18.6. The number of ketones is 1. The Morgan fingerprint density at radius 3 is 2.74 bits per heavy atom.